The predicted molar refractivity (Wildman–Crippen MR) is 143 cm³/mol. The number of nitrogens with zero attached hydrogens (tertiary/aromatic N) is 7. The Kier molecular flexibility index (Phi) is 6.49. The molecule has 0 unspecified atom stereocenters. The van der Waals surface area contributed by atoms with Gasteiger partial charge in [0.1, 0.15) is 5.82 Å². The van der Waals surface area contributed by atoms with E-state index in [4.69, 9.17) is 20.4 Å². The lowest BCUT2D eigenvalue weighted by Gasteiger charge is -2.28. The number of nitrogens with one attached hydrogen (secondary N) is 1. The average Bonchev–Trinajstić information content (AvgIpc) is 3.41. The van der Waals surface area contributed by atoms with E-state index in [1.165, 1.54) is 0 Å². The van der Waals surface area contributed by atoms with Gasteiger partial charge in [0.25, 0.3) is 5.91 Å². The van der Waals surface area contributed by atoms with Crippen molar-refractivity contribution in [3.63, 3.8) is 0 Å². The summed E-state index contributed by atoms with van der Waals surface area (Å²) in [5, 5.41) is 2.94. The Morgan fingerprint density at radius 2 is 1.79 bits per heavy atom. The molecule has 2 aliphatic rings. The van der Waals surface area contributed by atoms with E-state index in [1.54, 1.807) is 24.8 Å². The van der Waals surface area contributed by atoms with E-state index in [0.29, 0.717) is 31.3 Å². The van der Waals surface area contributed by atoms with Crippen LogP contribution in [0, 0.1) is 0 Å². The van der Waals surface area contributed by atoms with Crippen molar-refractivity contribution >= 4 is 29.3 Å². The quantitative estimate of drug-likeness (QED) is 0.399. The monoisotopic (exact) mass is 509 g/mol. The van der Waals surface area contributed by atoms with Crippen LogP contribution in [0.5, 0.6) is 0 Å². The third-order valence-corrected chi connectivity index (χ3v) is 6.67. The minimum atomic E-state index is -0.134. The maximum atomic E-state index is 12.7. The Morgan fingerprint density at radius 1 is 1.00 bits per heavy atom. The van der Waals surface area contributed by atoms with Gasteiger partial charge in [-0.15, -0.1) is 0 Å². The molecular formula is C27H27N9O2. The largest absolute Gasteiger partial charge is 0.378 e. The van der Waals surface area contributed by atoms with E-state index in [0.717, 1.165) is 59.9 Å². The highest BCUT2D eigenvalue weighted by molar-refractivity contribution is 5.94. The first-order valence-corrected chi connectivity index (χ1v) is 12.5. The average molecular weight is 510 g/mol. The van der Waals surface area contributed by atoms with Gasteiger partial charge in [-0.3, -0.25) is 9.78 Å². The molecule has 1 amide bonds. The zero-order valence-corrected chi connectivity index (χ0v) is 20.7. The molecule has 3 N–H and O–H groups in total. The second-order valence-electron chi connectivity index (χ2n) is 9.10. The number of rotatable bonds is 6. The maximum absolute atomic E-state index is 12.7. The van der Waals surface area contributed by atoms with E-state index >= 15 is 0 Å². The van der Waals surface area contributed by atoms with Gasteiger partial charge in [0, 0.05) is 73.3 Å². The number of aromatic nitrogens is 5. The van der Waals surface area contributed by atoms with Crippen molar-refractivity contribution in [2.75, 3.05) is 48.4 Å². The highest BCUT2D eigenvalue weighted by Crippen LogP contribution is 2.39. The number of pyridine rings is 1. The Bertz CT molecular complexity index is 1420. The molecule has 3 aromatic heterocycles. The minimum Gasteiger partial charge on any atom is -0.378 e. The van der Waals surface area contributed by atoms with Crippen LogP contribution in [-0.4, -0.2) is 63.7 Å². The molecule has 0 saturated carbocycles. The molecule has 192 valence electrons. The molecule has 5 heterocycles. The highest BCUT2D eigenvalue weighted by atomic mass is 16.5. The number of benzene rings is 1. The van der Waals surface area contributed by atoms with Crippen molar-refractivity contribution in [3.05, 3.63) is 77.9 Å². The number of carbonyl (C=O) groups is 1. The van der Waals surface area contributed by atoms with E-state index in [9.17, 15) is 4.79 Å². The zero-order valence-electron chi connectivity index (χ0n) is 20.7. The number of hydrogen-bond acceptors (Lipinski definition) is 10. The molecule has 0 spiro atoms. The Morgan fingerprint density at radius 3 is 2.53 bits per heavy atom. The molecule has 0 bridgehead atoms. The fraction of sp³-hybridized carbons (Fsp3) is 0.259. The molecule has 38 heavy (non-hydrogen) atoms. The summed E-state index contributed by atoms with van der Waals surface area (Å²) in [6.45, 7) is 3.88. The molecule has 2 aliphatic heterocycles. The third kappa shape index (κ3) is 4.83. The highest BCUT2D eigenvalue weighted by Gasteiger charge is 2.29. The summed E-state index contributed by atoms with van der Waals surface area (Å²) in [7, 11) is 0. The summed E-state index contributed by atoms with van der Waals surface area (Å²) in [4.78, 5) is 39.4. The van der Waals surface area contributed by atoms with Crippen LogP contribution in [0.1, 0.15) is 21.5 Å². The lowest BCUT2D eigenvalue weighted by Crippen LogP contribution is -2.37. The summed E-state index contributed by atoms with van der Waals surface area (Å²) in [5.74, 6) is 1.59. The van der Waals surface area contributed by atoms with Crippen molar-refractivity contribution in [2.24, 2.45) is 0 Å². The van der Waals surface area contributed by atoms with E-state index in [1.807, 2.05) is 36.4 Å². The first kappa shape index (κ1) is 23.7. The standard InChI is InChI=1S/C27H27N9O2/c28-26-31-16-20(17-32-26)23-22-7-9-36(24(22)34-27(33-23)35-10-12-38-13-11-35)21-5-3-19(4-6-21)25(37)30-15-18-2-1-8-29-14-18/h1-6,8,14,16-17H,7,9-13,15H2,(H,30,37)(H2,28,31,32). The normalized spacial score (nSPS) is 14.8. The number of amides is 1. The Labute approximate surface area is 219 Å². The van der Waals surface area contributed by atoms with Gasteiger partial charge in [-0.2, -0.15) is 4.98 Å². The molecule has 1 aromatic carbocycles. The number of hydrogen-bond donors (Lipinski definition) is 2. The van der Waals surface area contributed by atoms with E-state index < -0.39 is 0 Å². The molecule has 0 radical (unpaired) electrons. The van der Waals surface area contributed by atoms with Gasteiger partial charge in [0.2, 0.25) is 11.9 Å². The second kappa shape index (κ2) is 10.4. The topological polar surface area (TPSA) is 135 Å². The molecule has 1 saturated heterocycles. The maximum Gasteiger partial charge on any atom is 0.251 e. The van der Waals surface area contributed by atoms with Crippen LogP contribution in [0.25, 0.3) is 11.3 Å². The summed E-state index contributed by atoms with van der Waals surface area (Å²) in [6.07, 6.45) is 7.63. The lowest BCUT2D eigenvalue weighted by molar-refractivity contribution is 0.0951. The molecule has 0 atom stereocenters. The van der Waals surface area contributed by atoms with Crippen LogP contribution in [0.2, 0.25) is 0 Å². The van der Waals surface area contributed by atoms with Crippen molar-refractivity contribution in [2.45, 2.75) is 13.0 Å². The number of morpholine rings is 1. The molecule has 0 aliphatic carbocycles. The summed E-state index contributed by atoms with van der Waals surface area (Å²) in [6, 6.07) is 11.4. The van der Waals surface area contributed by atoms with Gasteiger partial charge in [-0.25, -0.2) is 15.0 Å². The van der Waals surface area contributed by atoms with Crippen LogP contribution >= 0.6 is 0 Å². The first-order valence-electron chi connectivity index (χ1n) is 12.5. The van der Waals surface area contributed by atoms with Crippen LogP contribution in [0.4, 0.5) is 23.4 Å². The molecule has 4 aromatic rings. The fourth-order valence-corrected chi connectivity index (χ4v) is 4.68. The summed E-state index contributed by atoms with van der Waals surface area (Å²) in [5.41, 5.74) is 10.9. The number of nitrogen functional groups attached to an aromatic ring is 1. The smallest absolute Gasteiger partial charge is 0.251 e. The van der Waals surface area contributed by atoms with E-state index in [-0.39, 0.29) is 11.9 Å². The lowest BCUT2D eigenvalue weighted by atomic mass is 10.1. The molecule has 11 heteroatoms. The summed E-state index contributed by atoms with van der Waals surface area (Å²) < 4.78 is 5.53. The predicted octanol–water partition coefficient (Wildman–Crippen LogP) is 2.37. The number of ether oxygens (including phenoxy) is 1. The summed E-state index contributed by atoms with van der Waals surface area (Å²) >= 11 is 0. The SMILES string of the molecule is Nc1ncc(-c2nc(N3CCOCC3)nc3c2CCN3c2ccc(C(=O)NCc3cccnc3)cc2)cn1. The van der Waals surface area contributed by atoms with Gasteiger partial charge >= 0.3 is 0 Å². The zero-order chi connectivity index (χ0) is 25.9. The molecule has 1 fully saturated rings. The van der Waals surface area contributed by atoms with Gasteiger partial charge < -0.3 is 25.6 Å². The van der Waals surface area contributed by atoms with Crippen LogP contribution in [0.3, 0.4) is 0 Å². The second-order valence-corrected chi connectivity index (χ2v) is 9.10. The Hall–Kier alpha value is -4.64. The molecule has 6 rings (SSSR count). The van der Waals surface area contributed by atoms with Crippen molar-refractivity contribution in [1.29, 1.82) is 0 Å². The van der Waals surface area contributed by atoms with Gasteiger partial charge in [0.05, 0.1) is 18.9 Å². The first-order chi connectivity index (χ1) is 18.7. The van der Waals surface area contributed by atoms with Gasteiger partial charge in [-0.05, 0) is 42.3 Å². The van der Waals surface area contributed by atoms with E-state index in [2.05, 4.69) is 30.1 Å². The fourth-order valence-electron chi connectivity index (χ4n) is 4.68. The van der Waals surface area contributed by atoms with Crippen molar-refractivity contribution in [1.82, 2.24) is 30.2 Å². The number of nitrogens with two attached hydrogens (primary N) is 1. The third-order valence-electron chi connectivity index (χ3n) is 6.67. The Balaban J connectivity index is 1.28. The number of anilines is 4. The number of fused-ring (bicyclic) bond motifs is 1. The van der Waals surface area contributed by atoms with Gasteiger partial charge in [-0.1, -0.05) is 6.07 Å². The van der Waals surface area contributed by atoms with Crippen molar-refractivity contribution in [3.8, 4) is 11.3 Å². The molecular weight excluding hydrogens is 482 g/mol. The van der Waals surface area contributed by atoms with Crippen LogP contribution in [0.15, 0.2) is 61.2 Å². The van der Waals surface area contributed by atoms with Crippen LogP contribution < -0.4 is 20.9 Å². The van der Waals surface area contributed by atoms with Crippen LogP contribution in [-0.2, 0) is 17.7 Å². The molecule has 11 nitrogen and oxygen atoms in total. The van der Waals surface area contributed by atoms with Crippen molar-refractivity contribution < 1.29 is 9.53 Å². The van der Waals surface area contributed by atoms with Gasteiger partial charge in [0.15, 0.2) is 0 Å². The number of carbonyl (C=O) groups excluding carboxylic acids is 1. The minimum absolute atomic E-state index is 0.134.